The van der Waals surface area contributed by atoms with Gasteiger partial charge in [-0.3, -0.25) is 9.69 Å². The number of piperazine rings is 1. The second kappa shape index (κ2) is 14.5. The second-order valence-electron chi connectivity index (χ2n) is 10.3. The molecular formula is C29H42ClN5O4S. The Bertz CT molecular complexity index is 1120. The Morgan fingerprint density at radius 1 is 1.15 bits per heavy atom. The Balaban J connectivity index is 1.35. The van der Waals surface area contributed by atoms with Crippen LogP contribution in [0, 0.1) is 0 Å². The first kappa shape index (κ1) is 30.6. The number of anilines is 4. The Morgan fingerprint density at radius 3 is 2.50 bits per heavy atom. The molecular weight excluding hydrogens is 550 g/mol. The quantitative estimate of drug-likeness (QED) is 0.361. The van der Waals surface area contributed by atoms with E-state index in [1.807, 2.05) is 41.5 Å². The van der Waals surface area contributed by atoms with Crippen LogP contribution in [0.3, 0.4) is 0 Å². The molecule has 2 saturated heterocycles. The summed E-state index contributed by atoms with van der Waals surface area (Å²) in [7, 11) is 3.44. The molecule has 1 atom stereocenters. The summed E-state index contributed by atoms with van der Waals surface area (Å²) in [6.45, 7) is 7.27. The van der Waals surface area contributed by atoms with Gasteiger partial charge in [-0.1, -0.05) is 37.1 Å². The van der Waals surface area contributed by atoms with Crippen LogP contribution >= 0.6 is 11.6 Å². The number of methoxy groups -OCH3 is 1. The van der Waals surface area contributed by atoms with Crippen molar-refractivity contribution in [1.82, 2.24) is 9.96 Å². The third-order valence-corrected chi connectivity index (χ3v) is 9.00. The first-order valence-corrected chi connectivity index (χ1v) is 16.0. The van der Waals surface area contributed by atoms with E-state index in [4.69, 9.17) is 21.2 Å². The van der Waals surface area contributed by atoms with Gasteiger partial charge in [-0.15, -0.1) is 5.06 Å². The average molecular weight is 592 g/mol. The lowest BCUT2D eigenvalue weighted by Gasteiger charge is -2.42. The van der Waals surface area contributed by atoms with Crippen LogP contribution in [-0.2, 0) is 21.0 Å². The molecule has 0 aliphatic carbocycles. The van der Waals surface area contributed by atoms with E-state index in [1.165, 1.54) is 0 Å². The van der Waals surface area contributed by atoms with Crippen LogP contribution < -0.4 is 19.3 Å². The van der Waals surface area contributed by atoms with Crippen molar-refractivity contribution in [2.24, 2.45) is 0 Å². The van der Waals surface area contributed by atoms with Crippen molar-refractivity contribution in [2.75, 3.05) is 74.2 Å². The van der Waals surface area contributed by atoms with Gasteiger partial charge in [0.15, 0.2) is 0 Å². The zero-order valence-corrected chi connectivity index (χ0v) is 25.6. The minimum Gasteiger partial charge on any atom is -0.593 e. The van der Waals surface area contributed by atoms with E-state index in [1.54, 1.807) is 24.7 Å². The van der Waals surface area contributed by atoms with E-state index in [0.29, 0.717) is 28.9 Å². The minimum absolute atomic E-state index is 0.118. The highest BCUT2D eigenvalue weighted by atomic mass is 35.5. The molecule has 1 unspecified atom stereocenters. The maximum absolute atomic E-state index is 12.1. The van der Waals surface area contributed by atoms with E-state index in [-0.39, 0.29) is 5.97 Å². The van der Waals surface area contributed by atoms with Crippen molar-refractivity contribution in [3.63, 3.8) is 0 Å². The average Bonchev–Trinajstić information content (AvgIpc) is 2.97. The smallest absolute Gasteiger partial charge is 0.325 e. The number of carbonyl (C=O) groups excluding carboxylic acids is 1. The van der Waals surface area contributed by atoms with Crippen molar-refractivity contribution in [2.45, 2.75) is 45.1 Å². The van der Waals surface area contributed by atoms with Gasteiger partial charge in [-0.05, 0) is 37.5 Å². The van der Waals surface area contributed by atoms with Gasteiger partial charge in [0, 0.05) is 63.5 Å². The Morgan fingerprint density at radius 2 is 1.85 bits per heavy atom. The van der Waals surface area contributed by atoms with Crippen LogP contribution in [-0.4, -0.2) is 86.2 Å². The van der Waals surface area contributed by atoms with Gasteiger partial charge in [0.1, 0.15) is 23.4 Å². The van der Waals surface area contributed by atoms with Crippen LogP contribution in [0.2, 0.25) is 5.02 Å². The molecule has 2 aliphatic rings. The highest BCUT2D eigenvalue weighted by Crippen LogP contribution is 2.41. The highest BCUT2D eigenvalue weighted by molar-refractivity contribution is 7.92. The molecule has 40 heavy (non-hydrogen) atoms. The molecule has 2 fully saturated rings. The number of nitrogens with one attached hydrogen (secondary N) is 1. The zero-order valence-electron chi connectivity index (χ0n) is 24.0. The maximum atomic E-state index is 12.1. The molecule has 0 saturated carbocycles. The fourth-order valence-corrected chi connectivity index (χ4v) is 6.01. The predicted octanol–water partition coefficient (Wildman–Crippen LogP) is 5.06. The highest BCUT2D eigenvalue weighted by Gasteiger charge is 2.29. The third kappa shape index (κ3) is 7.67. The van der Waals surface area contributed by atoms with E-state index >= 15 is 0 Å². The normalized spacial score (nSPS) is 17.9. The number of rotatable bonds is 11. The lowest BCUT2D eigenvalue weighted by Crippen LogP contribution is -2.53. The summed E-state index contributed by atoms with van der Waals surface area (Å²) in [4.78, 5) is 22.4. The lowest BCUT2D eigenvalue weighted by atomic mass is 10.0. The molecule has 2 aromatic rings. The fraction of sp³-hybridized carbons (Fsp3) is 0.552. The molecule has 0 aromatic heterocycles. The molecule has 0 amide bonds. The minimum atomic E-state index is -1.16. The molecule has 220 valence electrons. The predicted molar refractivity (Wildman–Crippen MR) is 164 cm³/mol. The Labute approximate surface area is 246 Å². The van der Waals surface area contributed by atoms with Crippen molar-refractivity contribution < 1.29 is 18.9 Å². The van der Waals surface area contributed by atoms with E-state index in [9.17, 15) is 9.35 Å². The topological polar surface area (TPSA) is 83.6 Å². The molecule has 4 rings (SSSR count). The molecule has 2 aromatic carbocycles. The van der Waals surface area contributed by atoms with Crippen molar-refractivity contribution in [3.8, 4) is 5.75 Å². The van der Waals surface area contributed by atoms with Gasteiger partial charge < -0.3 is 24.3 Å². The SMILES string of the molecule is CCCCC(=O)ON1CCN(C2CCN(c3cc(Cl)c(Nc4ccccc4N(C)[S+](C)[O-])c(OC)c3)CC2)CC1. The van der Waals surface area contributed by atoms with Gasteiger partial charge >= 0.3 is 5.97 Å². The lowest BCUT2D eigenvalue weighted by molar-refractivity contribution is -0.199. The van der Waals surface area contributed by atoms with Crippen LogP contribution in [0.1, 0.15) is 39.0 Å². The number of unbranched alkanes of at least 4 members (excludes halogenated alkanes) is 1. The molecule has 0 bridgehead atoms. The molecule has 0 spiro atoms. The zero-order chi connectivity index (χ0) is 28.6. The molecule has 2 heterocycles. The van der Waals surface area contributed by atoms with E-state index in [2.05, 4.69) is 22.0 Å². The maximum Gasteiger partial charge on any atom is 0.325 e. The number of piperidine rings is 1. The number of ether oxygens (including phenoxy) is 1. The molecule has 9 nitrogen and oxygen atoms in total. The summed E-state index contributed by atoms with van der Waals surface area (Å²) in [6.07, 6.45) is 6.13. The number of hydrogen-bond acceptors (Lipinski definition) is 9. The fourth-order valence-electron chi connectivity index (χ4n) is 5.32. The largest absolute Gasteiger partial charge is 0.593 e. The van der Waals surface area contributed by atoms with Crippen molar-refractivity contribution >= 4 is 51.7 Å². The third-order valence-electron chi connectivity index (χ3n) is 7.73. The van der Waals surface area contributed by atoms with Crippen LogP contribution in [0.15, 0.2) is 36.4 Å². The summed E-state index contributed by atoms with van der Waals surface area (Å²) in [6, 6.07) is 12.2. The van der Waals surface area contributed by atoms with E-state index in [0.717, 1.165) is 82.0 Å². The molecule has 0 radical (unpaired) electrons. The number of halogens is 1. The number of carbonyl (C=O) groups is 1. The summed E-state index contributed by atoms with van der Waals surface area (Å²) in [5.41, 5.74) is 3.32. The number of benzene rings is 2. The summed E-state index contributed by atoms with van der Waals surface area (Å²) in [5.74, 6) is 0.539. The standard InChI is InChI=1S/C29H42ClN5O4S/c1-5-6-11-28(36)39-35-18-16-34(17-19-35)22-12-14-33(15-13-22)23-20-24(30)29(27(21-23)38-3)31-25-9-7-8-10-26(25)32(2)40(4)37/h7-10,20-22,31H,5-6,11-19H2,1-4H3. The Hall–Kier alpha value is -2.37. The monoisotopic (exact) mass is 591 g/mol. The number of hydroxylamine groups is 2. The van der Waals surface area contributed by atoms with Crippen molar-refractivity contribution in [3.05, 3.63) is 41.4 Å². The van der Waals surface area contributed by atoms with Crippen LogP contribution in [0.4, 0.5) is 22.7 Å². The molecule has 11 heteroatoms. The molecule has 1 N–H and O–H groups in total. The second-order valence-corrected chi connectivity index (χ2v) is 12.1. The van der Waals surface area contributed by atoms with Gasteiger partial charge in [0.05, 0.1) is 36.2 Å². The number of hydrogen-bond donors (Lipinski definition) is 1. The van der Waals surface area contributed by atoms with E-state index < -0.39 is 11.4 Å². The van der Waals surface area contributed by atoms with Crippen LogP contribution in [0.25, 0.3) is 0 Å². The number of nitrogens with zero attached hydrogens (tertiary/aromatic N) is 4. The van der Waals surface area contributed by atoms with Gasteiger partial charge in [-0.25, -0.2) is 0 Å². The first-order chi connectivity index (χ1) is 19.3. The number of para-hydroxylation sites is 2. The van der Waals surface area contributed by atoms with Gasteiger partial charge in [0.2, 0.25) is 0 Å². The summed E-state index contributed by atoms with van der Waals surface area (Å²) >= 11 is 5.65. The van der Waals surface area contributed by atoms with Crippen LogP contribution in [0.5, 0.6) is 5.75 Å². The summed E-state index contributed by atoms with van der Waals surface area (Å²) < 4.78 is 19.6. The summed E-state index contributed by atoms with van der Waals surface area (Å²) in [5, 5.41) is 5.80. The Kier molecular flexibility index (Phi) is 11.1. The van der Waals surface area contributed by atoms with Crippen molar-refractivity contribution in [1.29, 1.82) is 0 Å². The van der Waals surface area contributed by atoms with Gasteiger partial charge in [-0.2, -0.15) is 4.31 Å². The molecule has 2 aliphatic heterocycles. The first-order valence-electron chi connectivity index (χ1n) is 14.1. The van der Waals surface area contributed by atoms with Gasteiger partial charge in [0.25, 0.3) is 0 Å².